The van der Waals surface area contributed by atoms with Gasteiger partial charge in [-0.05, 0) is 30.6 Å². The predicted molar refractivity (Wildman–Crippen MR) is 126 cm³/mol. The topological polar surface area (TPSA) is 68.2 Å². The van der Waals surface area contributed by atoms with E-state index >= 15 is 0 Å². The monoisotopic (exact) mass is 434 g/mol. The van der Waals surface area contributed by atoms with E-state index in [1.807, 2.05) is 72.8 Å². The average molecular weight is 434 g/mol. The largest absolute Gasteiger partial charge is 0.355 e. The van der Waals surface area contributed by atoms with Gasteiger partial charge in [0.15, 0.2) is 11.5 Å². The molecular formula is C27H22N4O2. The van der Waals surface area contributed by atoms with Gasteiger partial charge in [0, 0.05) is 17.7 Å². The quantitative estimate of drug-likeness (QED) is 0.330. The highest BCUT2D eigenvalue weighted by atomic mass is 16.5. The maximum absolute atomic E-state index is 5.79. The molecule has 3 aromatic carbocycles. The maximum atomic E-state index is 5.79. The van der Waals surface area contributed by atoms with E-state index in [1.165, 1.54) is 25.1 Å². The number of hydrogen-bond donors (Lipinski definition) is 0. The number of hydrogen-bond acceptors (Lipinski definition) is 6. The fourth-order valence-corrected chi connectivity index (χ4v) is 4.09. The molecule has 1 fully saturated rings. The van der Waals surface area contributed by atoms with Gasteiger partial charge in [0.1, 0.15) is 0 Å². The first kappa shape index (κ1) is 19.6. The van der Waals surface area contributed by atoms with Crippen LogP contribution in [-0.4, -0.2) is 33.3 Å². The fraction of sp³-hybridized carbons (Fsp3) is 0.148. The lowest BCUT2D eigenvalue weighted by Gasteiger charge is -2.30. The smallest absolute Gasteiger partial charge is 0.281 e. The van der Waals surface area contributed by atoms with Gasteiger partial charge in [0.25, 0.3) is 5.89 Å². The van der Waals surface area contributed by atoms with Crippen LogP contribution in [0.2, 0.25) is 0 Å². The molecule has 6 rings (SSSR count). The molecule has 0 unspecified atom stereocenters. The van der Waals surface area contributed by atoms with Crippen molar-refractivity contribution in [3.63, 3.8) is 0 Å². The molecule has 2 aromatic heterocycles. The molecule has 6 heteroatoms. The third-order valence-corrected chi connectivity index (χ3v) is 5.99. The zero-order valence-electron chi connectivity index (χ0n) is 18.0. The third-order valence-electron chi connectivity index (χ3n) is 5.99. The Hall–Kier alpha value is -4.03. The van der Waals surface area contributed by atoms with E-state index in [1.54, 1.807) is 0 Å². The summed E-state index contributed by atoms with van der Waals surface area (Å²) in [6.45, 7) is 3.35. The van der Waals surface area contributed by atoms with Gasteiger partial charge in [-0.15, -0.1) is 0 Å². The van der Waals surface area contributed by atoms with Gasteiger partial charge in [-0.2, -0.15) is 4.98 Å². The SMILES string of the molecule is c1ccc(-c2onc(-c3nc(-c4ccc(CN5CCC5)cc4)no3)c2-c2ccccc2)cc1. The second-order valence-corrected chi connectivity index (χ2v) is 8.22. The van der Waals surface area contributed by atoms with E-state index in [-0.39, 0.29) is 0 Å². The van der Waals surface area contributed by atoms with Gasteiger partial charge >= 0.3 is 0 Å². The van der Waals surface area contributed by atoms with E-state index in [0.29, 0.717) is 23.2 Å². The molecule has 1 aliphatic heterocycles. The highest BCUT2D eigenvalue weighted by Gasteiger charge is 2.25. The van der Waals surface area contributed by atoms with Crippen LogP contribution in [0.5, 0.6) is 0 Å². The Balaban J connectivity index is 1.36. The number of aromatic nitrogens is 3. The second kappa shape index (κ2) is 8.48. The Morgan fingerprint density at radius 3 is 2.06 bits per heavy atom. The van der Waals surface area contributed by atoms with Crippen LogP contribution in [-0.2, 0) is 6.54 Å². The second-order valence-electron chi connectivity index (χ2n) is 8.22. The van der Waals surface area contributed by atoms with Crippen molar-refractivity contribution in [1.29, 1.82) is 0 Å². The summed E-state index contributed by atoms with van der Waals surface area (Å²) in [5, 5.41) is 8.55. The highest BCUT2D eigenvalue weighted by Crippen LogP contribution is 2.39. The Morgan fingerprint density at radius 2 is 1.39 bits per heavy atom. The molecule has 1 saturated heterocycles. The molecule has 5 aromatic rings. The first-order valence-corrected chi connectivity index (χ1v) is 11.1. The van der Waals surface area contributed by atoms with Crippen LogP contribution in [0.25, 0.3) is 45.4 Å². The lowest BCUT2D eigenvalue weighted by atomic mass is 9.99. The van der Waals surface area contributed by atoms with Crippen molar-refractivity contribution in [2.75, 3.05) is 13.1 Å². The standard InChI is InChI=1S/C27H22N4O2/c1-3-8-20(9-4-1)23-24(29-32-25(23)21-10-5-2-6-11-21)27-28-26(30-33-27)22-14-12-19(13-15-22)18-31-16-7-17-31/h1-6,8-15H,7,16-18H2. The predicted octanol–water partition coefficient (Wildman–Crippen LogP) is 5.93. The Kier molecular flexibility index (Phi) is 5.05. The van der Waals surface area contributed by atoms with Crippen molar-refractivity contribution >= 4 is 0 Å². The normalized spacial score (nSPS) is 13.7. The van der Waals surface area contributed by atoms with E-state index in [0.717, 1.165) is 28.8 Å². The lowest BCUT2D eigenvalue weighted by Crippen LogP contribution is -2.36. The Labute approximate surface area is 191 Å². The first-order valence-electron chi connectivity index (χ1n) is 11.1. The van der Waals surface area contributed by atoms with Crippen LogP contribution in [0.1, 0.15) is 12.0 Å². The maximum Gasteiger partial charge on any atom is 0.281 e. The van der Waals surface area contributed by atoms with Gasteiger partial charge in [0.05, 0.1) is 5.56 Å². The molecule has 3 heterocycles. The van der Waals surface area contributed by atoms with Crippen LogP contribution < -0.4 is 0 Å². The summed E-state index contributed by atoms with van der Waals surface area (Å²) in [5.41, 5.74) is 5.48. The van der Waals surface area contributed by atoms with Gasteiger partial charge in [0.2, 0.25) is 5.82 Å². The molecule has 0 radical (unpaired) electrons. The Bertz CT molecular complexity index is 1350. The summed E-state index contributed by atoms with van der Waals surface area (Å²) in [5.74, 6) is 1.54. The van der Waals surface area contributed by atoms with Crippen molar-refractivity contribution in [3.05, 3.63) is 90.5 Å². The van der Waals surface area contributed by atoms with Crippen molar-refractivity contribution < 1.29 is 9.05 Å². The summed E-state index contributed by atoms with van der Waals surface area (Å²) in [4.78, 5) is 7.08. The van der Waals surface area contributed by atoms with E-state index in [9.17, 15) is 0 Å². The van der Waals surface area contributed by atoms with Crippen LogP contribution in [0.3, 0.4) is 0 Å². The van der Waals surface area contributed by atoms with Crippen molar-refractivity contribution in [2.45, 2.75) is 13.0 Å². The number of benzene rings is 3. The number of likely N-dealkylation sites (tertiary alicyclic amines) is 1. The number of nitrogens with zero attached hydrogens (tertiary/aromatic N) is 4. The summed E-state index contributed by atoms with van der Waals surface area (Å²) >= 11 is 0. The molecule has 0 saturated carbocycles. The van der Waals surface area contributed by atoms with E-state index < -0.39 is 0 Å². The molecular weight excluding hydrogens is 412 g/mol. The molecule has 0 atom stereocenters. The number of rotatable bonds is 6. The van der Waals surface area contributed by atoms with Crippen LogP contribution in [0.15, 0.2) is 94.0 Å². The van der Waals surface area contributed by atoms with Gasteiger partial charge < -0.3 is 9.05 Å². The van der Waals surface area contributed by atoms with Crippen molar-refractivity contribution in [3.8, 4) is 45.4 Å². The molecule has 0 N–H and O–H groups in total. The molecule has 6 nitrogen and oxygen atoms in total. The summed E-state index contributed by atoms with van der Waals surface area (Å²) in [7, 11) is 0. The van der Waals surface area contributed by atoms with Crippen LogP contribution >= 0.6 is 0 Å². The molecule has 162 valence electrons. The van der Waals surface area contributed by atoms with Crippen molar-refractivity contribution in [2.24, 2.45) is 0 Å². The van der Waals surface area contributed by atoms with E-state index in [2.05, 4.69) is 32.3 Å². The summed E-state index contributed by atoms with van der Waals surface area (Å²) in [6, 6.07) is 28.3. The van der Waals surface area contributed by atoms with Gasteiger partial charge in [-0.3, -0.25) is 4.90 Å². The minimum Gasteiger partial charge on any atom is -0.355 e. The average Bonchev–Trinajstić information content (AvgIpc) is 3.50. The third kappa shape index (κ3) is 3.85. The molecule has 33 heavy (non-hydrogen) atoms. The summed E-state index contributed by atoms with van der Waals surface area (Å²) in [6.07, 6.45) is 1.29. The first-order chi connectivity index (χ1) is 16.3. The van der Waals surface area contributed by atoms with Crippen LogP contribution in [0.4, 0.5) is 0 Å². The van der Waals surface area contributed by atoms with E-state index in [4.69, 9.17) is 9.05 Å². The van der Waals surface area contributed by atoms with Crippen LogP contribution in [0, 0.1) is 0 Å². The lowest BCUT2D eigenvalue weighted by molar-refractivity contribution is 0.172. The molecule has 0 amide bonds. The molecule has 0 bridgehead atoms. The fourth-order valence-electron chi connectivity index (χ4n) is 4.09. The zero-order valence-corrected chi connectivity index (χ0v) is 18.0. The minimum atomic E-state index is 0.333. The Morgan fingerprint density at radius 1 is 0.697 bits per heavy atom. The highest BCUT2D eigenvalue weighted by molar-refractivity contribution is 5.88. The molecule has 0 spiro atoms. The minimum absolute atomic E-state index is 0.333. The summed E-state index contributed by atoms with van der Waals surface area (Å²) < 4.78 is 11.4. The molecule has 1 aliphatic rings. The molecule has 0 aliphatic carbocycles. The zero-order chi connectivity index (χ0) is 22.0. The van der Waals surface area contributed by atoms with Gasteiger partial charge in [-0.1, -0.05) is 95.2 Å². The van der Waals surface area contributed by atoms with Crippen molar-refractivity contribution in [1.82, 2.24) is 20.2 Å². The van der Waals surface area contributed by atoms with Gasteiger partial charge in [-0.25, -0.2) is 0 Å².